The second kappa shape index (κ2) is 9.29. The number of carbonyl (C=O) groups excluding carboxylic acids is 1. The second-order valence-electron chi connectivity index (χ2n) is 6.11. The van der Waals surface area contributed by atoms with Crippen molar-refractivity contribution in [3.8, 4) is 0 Å². The molecule has 0 radical (unpaired) electrons. The van der Waals surface area contributed by atoms with Crippen molar-refractivity contribution in [1.82, 2.24) is 5.32 Å². The zero-order valence-corrected chi connectivity index (χ0v) is 15.0. The average Bonchev–Trinajstić information content (AvgIpc) is 2.67. The Hall–Kier alpha value is -3.47. The SMILES string of the molecule is C=CCC(CC=C)(NC(=O)/C=C/c1cccc([N+](=O)[O-])c1)c1ccccc1. The van der Waals surface area contributed by atoms with Gasteiger partial charge >= 0.3 is 0 Å². The molecule has 0 aliphatic rings. The van der Waals surface area contributed by atoms with Gasteiger partial charge in [0.1, 0.15) is 0 Å². The average molecular weight is 362 g/mol. The highest BCUT2D eigenvalue weighted by Crippen LogP contribution is 2.30. The molecule has 0 atom stereocenters. The molecular formula is C22H22N2O3. The number of amides is 1. The Morgan fingerprint density at radius 2 is 1.74 bits per heavy atom. The molecule has 2 aromatic carbocycles. The number of nitro benzene ring substituents is 1. The summed E-state index contributed by atoms with van der Waals surface area (Å²) in [5.74, 6) is -0.297. The Morgan fingerprint density at radius 3 is 2.33 bits per heavy atom. The van der Waals surface area contributed by atoms with Gasteiger partial charge in [0.15, 0.2) is 0 Å². The van der Waals surface area contributed by atoms with Crippen LogP contribution in [0, 0.1) is 10.1 Å². The molecule has 2 aromatic rings. The van der Waals surface area contributed by atoms with Gasteiger partial charge in [0.25, 0.3) is 5.69 Å². The lowest BCUT2D eigenvalue weighted by Gasteiger charge is -2.33. The number of nitrogens with zero attached hydrogens (tertiary/aromatic N) is 1. The molecule has 138 valence electrons. The summed E-state index contributed by atoms with van der Waals surface area (Å²) in [4.78, 5) is 23.0. The van der Waals surface area contributed by atoms with Gasteiger partial charge in [-0.3, -0.25) is 14.9 Å². The van der Waals surface area contributed by atoms with Gasteiger partial charge in [-0.1, -0.05) is 54.6 Å². The summed E-state index contributed by atoms with van der Waals surface area (Å²) in [7, 11) is 0. The van der Waals surface area contributed by atoms with Crippen molar-refractivity contribution in [3.05, 3.63) is 107 Å². The highest BCUT2D eigenvalue weighted by atomic mass is 16.6. The zero-order chi connectivity index (χ0) is 19.7. The van der Waals surface area contributed by atoms with Gasteiger partial charge in [-0.25, -0.2) is 0 Å². The molecule has 0 aromatic heterocycles. The molecule has 0 aliphatic heterocycles. The number of non-ortho nitro benzene ring substituents is 1. The summed E-state index contributed by atoms with van der Waals surface area (Å²) in [5.41, 5.74) is 0.878. The van der Waals surface area contributed by atoms with Crippen LogP contribution in [-0.4, -0.2) is 10.8 Å². The van der Waals surface area contributed by atoms with Gasteiger partial charge in [0, 0.05) is 18.2 Å². The molecule has 0 bridgehead atoms. The molecule has 0 saturated heterocycles. The van der Waals surface area contributed by atoms with Crippen LogP contribution in [-0.2, 0) is 10.3 Å². The van der Waals surface area contributed by atoms with Gasteiger partial charge < -0.3 is 5.32 Å². The maximum Gasteiger partial charge on any atom is 0.270 e. The quantitative estimate of drug-likeness (QED) is 0.302. The lowest BCUT2D eigenvalue weighted by molar-refractivity contribution is -0.384. The van der Waals surface area contributed by atoms with Crippen molar-refractivity contribution in [2.24, 2.45) is 0 Å². The Labute approximate surface area is 158 Å². The first-order chi connectivity index (χ1) is 13.0. The summed E-state index contributed by atoms with van der Waals surface area (Å²) in [6.07, 6.45) is 7.55. The summed E-state index contributed by atoms with van der Waals surface area (Å²) < 4.78 is 0. The van der Waals surface area contributed by atoms with Gasteiger partial charge in [-0.15, -0.1) is 13.2 Å². The topological polar surface area (TPSA) is 72.2 Å². The minimum atomic E-state index is -0.644. The molecule has 2 rings (SSSR count). The Balaban J connectivity index is 2.25. The van der Waals surface area contributed by atoms with Crippen LogP contribution >= 0.6 is 0 Å². The fraction of sp³-hybridized carbons (Fsp3) is 0.136. The van der Waals surface area contributed by atoms with Crippen LogP contribution in [0.2, 0.25) is 0 Å². The molecule has 5 nitrogen and oxygen atoms in total. The van der Waals surface area contributed by atoms with E-state index in [2.05, 4.69) is 18.5 Å². The number of rotatable bonds is 9. The molecule has 0 unspecified atom stereocenters. The largest absolute Gasteiger partial charge is 0.342 e. The summed E-state index contributed by atoms with van der Waals surface area (Å²) >= 11 is 0. The van der Waals surface area contributed by atoms with Gasteiger partial charge in [-0.2, -0.15) is 0 Å². The summed E-state index contributed by atoms with van der Waals surface area (Å²) in [6, 6.07) is 15.8. The number of hydrogen-bond donors (Lipinski definition) is 1. The van der Waals surface area contributed by atoms with Crippen LogP contribution in [0.5, 0.6) is 0 Å². The lowest BCUT2D eigenvalue weighted by Crippen LogP contribution is -2.44. The maximum atomic E-state index is 12.6. The Kier molecular flexibility index (Phi) is 6.83. The monoisotopic (exact) mass is 362 g/mol. The molecule has 1 amide bonds. The van der Waals surface area contributed by atoms with Gasteiger partial charge in [0.2, 0.25) is 5.91 Å². The van der Waals surface area contributed by atoms with E-state index < -0.39 is 10.5 Å². The van der Waals surface area contributed by atoms with Crippen LogP contribution in [0.25, 0.3) is 6.08 Å². The first-order valence-electron chi connectivity index (χ1n) is 8.53. The number of benzene rings is 2. The normalized spacial score (nSPS) is 11.1. The van der Waals surface area contributed by atoms with E-state index in [0.29, 0.717) is 18.4 Å². The van der Waals surface area contributed by atoms with E-state index in [1.807, 2.05) is 30.3 Å². The van der Waals surface area contributed by atoms with Crippen molar-refractivity contribution >= 4 is 17.7 Å². The third-order valence-electron chi connectivity index (χ3n) is 4.18. The predicted molar refractivity (Wildman–Crippen MR) is 108 cm³/mol. The third kappa shape index (κ3) is 5.25. The molecule has 5 heteroatoms. The van der Waals surface area contributed by atoms with Crippen LogP contribution in [0.1, 0.15) is 24.0 Å². The highest BCUT2D eigenvalue weighted by Gasteiger charge is 2.30. The van der Waals surface area contributed by atoms with Crippen molar-refractivity contribution < 1.29 is 9.72 Å². The first-order valence-corrected chi connectivity index (χ1v) is 8.53. The van der Waals surface area contributed by atoms with Crippen molar-refractivity contribution in [1.29, 1.82) is 0 Å². The van der Waals surface area contributed by atoms with Crippen molar-refractivity contribution in [2.45, 2.75) is 18.4 Å². The number of carbonyl (C=O) groups is 1. The molecule has 0 spiro atoms. The van der Waals surface area contributed by atoms with E-state index >= 15 is 0 Å². The Morgan fingerprint density at radius 1 is 1.07 bits per heavy atom. The second-order valence-corrected chi connectivity index (χ2v) is 6.11. The lowest BCUT2D eigenvalue weighted by atomic mass is 9.83. The molecule has 1 N–H and O–H groups in total. The molecule has 0 heterocycles. The predicted octanol–water partition coefficient (Wildman–Crippen LogP) is 4.77. The van der Waals surface area contributed by atoms with E-state index in [4.69, 9.17) is 0 Å². The molecule has 0 saturated carbocycles. The molecule has 27 heavy (non-hydrogen) atoms. The summed E-state index contributed by atoms with van der Waals surface area (Å²) in [5, 5.41) is 13.9. The zero-order valence-electron chi connectivity index (χ0n) is 15.0. The number of nitro groups is 1. The van der Waals surface area contributed by atoms with Gasteiger partial charge in [-0.05, 0) is 30.0 Å². The fourth-order valence-corrected chi connectivity index (χ4v) is 2.93. The van der Waals surface area contributed by atoms with E-state index in [1.54, 1.807) is 30.4 Å². The van der Waals surface area contributed by atoms with Crippen molar-refractivity contribution in [2.75, 3.05) is 0 Å². The van der Waals surface area contributed by atoms with Crippen LogP contribution in [0.4, 0.5) is 5.69 Å². The maximum absolute atomic E-state index is 12.6. The molecular weight excluding hydrogens is 340 g/mol. The van der Waals surface area contributed by atoms with Crippen molar-refractivity contribution in [3.63, 3.8) is 0 Å². The third-order valence-corrected chi connectivity index (χ3v) is 4.18. The minimum absolute atomic E-state index is 0.0190. The highest BCUT2D eigenvalue weighted by molar-refractivity contribution is 5.92. The first kappa shape index (κ1) is 19.8. The summed E-state index contributed by atoms with van der Waals surface area (Å²) in [6.45, 7) is 7.63. The minimum Gasteiger partial charge on any atom is -0.342 e. The standard InChI is InChI=1S/C22H22N2O3/c1-3-15-22(16-4-2,19-10-6-5-7-11-19)23-21(25)14-13-18-9-8-12-20(17-18)24(26)27/h3-14,17H,1-2,15-16H2,(H,23,25)/b14-13+. The van der Waals surface area contributed by atoms with Crippen LogP contribution < -0.4 is 5.32 Å². The van der Waals surface area contributed by atoms with E-state index in [1.165, 1.54) is 18.2 Å². The van der Waals surface area contributed by atoms with Gasteiger partial charge in [0.05, 0.1) is 10.5 Å². The fourth-order valence-electron chi connectivity index (χ4n) is 2.93. The van der Waals surface area contributed by atoms with Crippen LogP contribution in [0.15, 0.2) is 86.0 Å². The number of hydrogen-bond acceptors (Lipinski definition) is 3. The molecule has 0 aliphatic carbocycles. The van der Waals surface area contributed by atoms with Crippen LogP contribution in [0.3, 0.4) is 0 Å². The Bertz CT molecular complexity index is 847. The van der Waals surface area contributed by atoms with E-state index in [9.17, 15) is 14.9 Å². The number of nitrogens with one attached hydrogen (secondary N) is 1. The smallest absolute Gasteiger partial charge is 0.270 e. The molecule has 0 fully saturated rings. The van der Waals surface area contributed by atoms with E-state index in [0.717, 1.165) is 5.56 Å². The van der Waals surface area contributed by atoms with E-state index in [-0.39, 0.29) is 11.6 Å².